The van der Waals surface area contributed by atoms with Gasteiger partial charge in [0.05, 0.1) is 17.4 Å². The highest BCUT2D eigenvalue weighted by Crippen LogP contribution is 2.32. The van der Waals surface area contributed by atoms with Gasteiger partial charge in [0.2, 0.25) is 20.0 Å². The van der Waals surface area contributed by atoms with E-state index >= 15 is 0 Å². The van der Waals surface area contributed by atoms with Crippen LogP contribution < -0.4 is 25.2 Å². The van der Waals surface area contributed by atoms with Gasteiger partial charge in [0.15, 0.2) is 0 Å². The molecular weight excluding hydrogens is 563 g/mol. The van der Waals surface area contributed by atoms with Gasteiger partial charge in [0.1, 0.15) is 28.3 Å². The molecule has 37 heavy (non-hydrogen) atoms. The van der Waals surface area contributed by atoms with E-state index in [4.69, 9.17) is 21.5 Å². The van der Waals surface area contributed by atoms with Crippen molar-refractivity contribution < 1.29 is 26.7 Å². The van der Waals surface area contributed by atoms with E-state index in [1.165, 1.54) is 6.07 Å². The van der Waals surface area contributed by atoms with E-state index < -0.39 is 31.0 Å². The molecule has 0 radical (unpaired) electrons. The van der Waals surface area contributed by atoms with Gasteiger partial charge in [-0.05, 0) is 23.6 Å². The molecular formula is C23H30Cl2N4O6S2. The van der Waals surface area contributed by atoms with Crippen molar-refractivity contribution in [2.24, 2.45) is 5.14 Å². The van der Waals surface area contributed by atoms with Crippen LogP contribution in [-0.4, -0.2) is 53.9 Å². The third kappa shape index (κ3) is 8.42. The molecule has 1 unspecified atom stereocenters. The maximum Gasteiger partial charge on any atom is 0.244 e. The minimum absolute atomic E-state index is 0. The second-order valence-corrected chi connectivity index (χ2v) is 12.0. The Labute approximate surface area is 228 Å². The first kappa shape index (κ1) is 31.1. The number of nitrogens with one attached hydrogen (secondary N) is 3. The lowest BCUT2D eigenvalue weighted by Gasteiger charge is -2.20. The number of rotatable bonds is 7. The molecule has 14 heteroatoms. The fourth-order valence-corrected chi connectivity index (χ4v) is 5.64. The lowest BCUT2D eigenvalue weighted by Crippen LogP contribution is -2.35. The van der Waals surface area contributed by atoms with Gasteiger partial charge >= 0.3 is 0 Å². The normalized spacial score (nSPS) is 15.0. The lowest BCUT2D eigenvalue weighted by atomic mass is 10.1. The predicted octanol–water partition coefficient (Wildman–Crippen LogP) is 2.65. The van der Waals surface area contributed by atoms with Crippen LogP contribution in [0.4, 0.5) is 5.69 Å². The number of ether oxygens (including phenoxy) is 1. The van der Waals surface area contributed by atoms with E-state index in [0.717, 1.165) is 22.6 Å². The number of nitrogens with two attached hydrogens (primary N) is 1. The average molecular weight is 594 g/mol. The average Bonchev–Trinajstić information content (AvgIpc) is 2.80. The molecule has 0 saturated heterocycles. The Morgan fingerprint density at radius 1 is 1.16 bits per heavy atom. The van der Waals surface area contributed by atoms with Gasteiger partial charge in [0, 0.05) is 18.0 Å². The van der Waals surface area contributed by atoms with Crippen LogP contribution in [0.2, 0.25) is 5.02 Å². The Morgan fingerprint density at radius 3 is 2.51 bits per heavy atom. The number of aliphatic hydroxyl groups excluding tert-OH is 1. The fraction of sp³-hybridized carbons (Fsp3) is 0.304. The first-order chi connectivity index (χ1) is 16.9. The van der Waals surface area contributed by atoms with Gasteiger partial charge in [-0.3, -0.25) is 0 Å². The Morgan fingerprint density at radius 2 is 1.84 bits per heavy atom. The number of aliphatic hydroxyl groups is 1. The molecule has 0 aliphatic carbocycles. The highest BCUT2D eigenvalue weighted by Gasteiger charge is 2.27. The van der Waals surface area contributed by atoms with Crippen molar-refractivity contribution in [1.82, 2.24) is 10.0 Å². The molecule has 204 valence electrons. The van der Waals surface area contributed by atoms with Crippen LogP contribution in [-0.2, 0) is 20.0 Å². The van der Waals surface area contributed by atoms with Gasteiger partial charge < -0.3 is 20.5 Å². The largest absolute Gasteiger partial charge is 0.490 e. The van der Waals surface area contributed by atoms with Gasteiger partial charge in [-0.2, -0.15) is 4.72 Å². The van der Waals surface area contributed by atoms with E-state index in [-0.39, 0.29) is 34.7 Å². The molecule has 1 heterocycles. The fourth-order valence-electron chi connectivity index (χ4n) is 3.36. The quantitative estimate of drug-likeness (QED) is 0.280. The number of primary sulfonamides is 1. The van der Waals surface area contributed by atoms with E-state index in [2.05, 4.69) is 41.3 Å². The van der Waals surface area contributed by atoms with Crippen molar-refractivity contribution in [2.75, 3.05) is 25.1 Å². The standard InChI is InChI=1S/C16H21NO2.C7H8ClN3O4S2.ClH/c1-12(2)17-10-14(18)11-19-16-9-5-7-13-6-3-4-8-15(13)16;8-4-1-5-7(2-6(4)16(9,12)13)17(14,15)11-3-10-5;/h3-9,12,14,17-18H,10-11H2,1-2H3;1-2,10-11H,3H2,(H2,9,12,13);1H. The molecule has 6 N–H and O–H groups in total. The number of anilines is 1. The summed E-state index contributed by atoms with van der Waals surface area (Å²) in [6, 6.07) is 16.6. The van der Waals surface area contributed by atoms with Gasteiger partial charge in [-0.1, -0.05) is 61.8 Å². The van der Waals surface area contributed by atoms with Crippen molar-refractivity contribution in [3.63, 3.8) is 0 Å². The monoisotopic (exact) mass is 592 g/mol. The Kier molecular flexibility index (Phi) is 11.0. The van der Waals surface area contributed by atoms with E-state index in [0.29, 0.717) is 19.2 Å². The van der Waals surface area contributed by atoms with Crippen molar-refractivity contribution in [2.45, 2.75) is 35.8 Å². The van der Waals surface area contributed by atoms with Gasteiger partial charge in [0.25, 0.3) is 0 Å². The second kappa shape index (κ2) is 13.1. The van der Waals surface area contributed by atoms with Crippen molar-refractivity contribution in [3.8, 4) is 5.75 Å². The SMILES string of the molecule is CC(C)NCC(O)COc1cccc2ccccc12.Cl.NS(=O)(=O)c1cc2c(cc1Cl)NCNS2(=O)=O. The molecule has 0 amide bonds. The number of hydrogen-bond donors (Lipinski definition) is 5. The highest BCUT2D eigenvalue weighted by molar-refractivity contribution is 7.90. The topological polar surface area (TPSA) is 160 Å². The highest BCUT2D eigenvalue weighted by atomic mass is 35.5. The summed E-state index contributed by atoms with van der Waals surface area (Å²) in [6.07, 6.45) is -0.499. The van der Waals surface area contributed by atoms with Crippen LogP contribution in [0.1, 0.15) is 13.8 Å². The molecule has 10 nitrogen and oxygen atoms in total. The Hall–Kier alpha value is -2.16. The van der Waals surface area contributed by atoms with Gasteiger partial charge in [-0.15, -0.1) is 12.4 Å². The molecule has 0 saturated carbocycles. The number of hydrogen-bond acceptors (Lipinski definition) is 8. The number of fused-ring (bicyclic) bond motifs is 2. The summed E-state index contributed by atoms with van der Waals surface area (Å²) in [5.74, 6) is 0.821. The van der Waals surface area contributed by atoms with Crippen LogP contribution in [0.25, 0.3) is 10.8 Å². The summed E-state index contributed by atoms with van der Waals surface area (Å²) in [7, 11) is -7.80. The zero-order chi connectivity index (χ0) is 26.5. The van der Waals surface area contributed by atoms with Crippen LogP contribution in [0.5, 0.6) is 5.75 Å². The van der Waals surface area contributed by atoms with E-state index in [9.17, 15) is 21.9 Å². The molecule has 1 aliphatic heterocycles. The molecule has 3 aromatic rings. The zero-order valence-electron chi connectivity index (χ0n) is 20.1. The first-order valence-corrected chi connectivity index (χ1v) is 14.4. The molecule has 1 atom stereocenters. The Bertz CT molecular complexity index is 1430. The molecule has 4 rings (SSSR count). The van der Waals surface area contributed by atoms with Crippen LogP contribution in [0, 0.1) is 0 Å². The number of sulfonamides is 2. The minimum atomic E-state index is -4.07. The van der Waals surface area contributed by atoms with Crippen LogP contribution in [0.3, 0.4) is 0 Å². The Balaban J connectivity index is 0.000000255. The molecule has 0 bridgehead atoms. The number of halogens is 2. The summed E-state index contributed by atoms with van der Waals surface area (Å²) in [5.41, 5.74) is 0.237. The van der Waals surface area contributed by atoms with Crippen molar-refractivity contribution in [3.05, 3.63) is 59.6 Å². The third-order valence-corrected chi connectivity index (χ3v) is 7.93. The minimum Gasteiger partial charge on any atom is -0.490 e. The summed E-state index contributed by atoms with van der Waals surface area (Å²) in [6.45, 7) is 4.97. The van der Waals surface area contributed by atoms with E-state index in [1.54, 1.807) is 0 Å². The number of benzene rings is 3. The smallest absolute Gasteiger partial charge is 0.244 e. The zero-order valence-corrected chi connectivity index (χ0v) is 23.3. The van der Waals surface area contributed by atoms with Gasteiger partial charge in [-0.25, -0.2) is 22.0 Å². The summed E-state index contributed by atoms with van der Waals surface area (Å²) < 4.78 is 53.6. The van der Waals surface area contributed by atoms with Crippen LogP contribution in [0.15, 0.2) is 64.4 Å². The molecule has 0 aromatic heterocycles. The maximum atomic E-state index is 11.6. The first-order valence-electron chi connectivity index (χ1n) is 11.0. The second-order valence-electron chi connectivity index (χ2n) is 8.33. The summed E-state index contributed by atoms with van der Waals surface area (Å²) in [5, 5.41) is 22.8. The molecule has 3 aromatic carbocycles. The summed E-state index contributed by atoms with van der Waals surface area (Å²) in [4.78, 5) is -0.621. The van der Waals surface area contributed by atoms with E-state index in [1.807, 2.05) is 30.3 Å². The molecule has 0 fully saturated rings. The molecule has 0 spiro atoms. The predicted molar refractivity (Wildman–Crippen MR) is 147 cm³/mol. The van der Waals surface area contributed by atoms with Crippen molar-refractivity contribution >= 4 is 60.5 Å². The lowest BCUT2D eigenvalue weighted by molar-refractivity contribution is 0.105. The molecule has 1 aliphatic rings. The third-order valence-electron chi connectivity index (χ3n) is 5.11. The maximum absolute atomic E-state index is 11.6. The van der Waals surface area contributed by atoms with Crippen LogP contribution >= 0.6 is 24.0 Å². The summed E-state index contributed by atoms with van der Waals surface area (Å²) >= 11 is 5.72. The van der Waals surface area contributed by atoms with Crippen molar-refractivity contribution in [1.29, 1.82) is 0 Å².